The van der Waals surface area contributed by atoms with E-state index in [1.54, 1.807) is 55.5 Å². The average molecular weight is 341 g/mol. The summed E-state index contributed by atoms with van der Waals surface area (Å²) < 4.78 is 9.86. The van der Waals surface area contributed by atoms with E-state index in [0.717, 1.165) is 5.56 Å². The molecule has 25 heavy (non-hydrogen) atoms. The van der Waals surface area contributed by atoms with Gasteiger partial charge in [0.2, 0.25) is 5.91 Å². The maximum absolute atomic E-state index is 12.0. The second kappa shape index (κ2) is 8.63. The van der Waals surface area contributed by atoms with Gasteiger partial charge in [0.1, 0.15) is 6.61 Å². The third kappa shape index (κ3) is 5.17. The van der Waals surface area contributed by atoms with Gasteiger partial charge in [-0.3, -0.25) is 4.79 Å². The molecule has 1 N–H and O–H groups in total. The van der Waals surface area contributed by atoms with Crippen molar-refractivity contribution in [2.45, 2.75) is 20.0 Å². The number of benzene rings is 2. The van der Waals surface area contributed by atoms with Gasteiger partial charge in [0.05, 0.1) is 18.2 Å². The maximum atomic E-state index is 12.0. The summed E-state index contributed by atoms with van der Waals surface area (Å²) in [7, 11) is 1.32. The summed E-state index contributed by atoms with van der Waals surface area (Å²) in [6.45, 7) is 1.85. The van der Waals surface area contributed by atoms with Crippen LogP contribution in [0.15, 0.2) is 48.5 Å². The largest absolute Gasteiger partial charge is 0.465 e. The van der Waals surface area contributed by atoms with Crippen molar-refractivity contribution in [1.29, 1.82) is 0 Å². The van der Waals surface area contributed by atoms with Gasteiger partial charge in [-0.2, -0.15) is 0 Å². The minimum Gasteiger partial charge on any atom is -0.465 e. The first-order chi connectivity index (χ1) is 12.0. The lowest BCUT2D eigenvalue weighted by atomic mass is 10.1. The minimum atomic E-state index is -0.467. The number of amides is 1. The van der Waals surface area contributed by atoms with E-state index in [9.17, 15) is 14.4 Å². The number of hydrogen-bond donors (Lipinski definition) is 1. The van der Waals surface area contributed by atoms with Gasteiger partial charge >= 0.3 is 11.9 Å². The van der Waals surface area contributed by atoms with Gasteiger partial charge < -0.3 is 14.8 Å². The van der Waals surface area contributed by atoms with Crippen LogP contribution in [0.1, 0.15) is 39.6 Å². The molecule has 1 amide bonds. The summed E-state index contributed by atoms with van der Waals surface area (Å²) in [6.07, 6.45) is 0.387. The Bertz CT molecular complexity index is 750. The molecule has 2 rings (SSSR count). The summed E-state index contributed by atoms with van der Waals surface area (Å²) in [6, 6.07) is 13.1. The first kappa shape index (κ1) is 18.2. The molecule has 0 fully saturated rings. The normalized spacial score (nSPS) is 10.0. The lowest BCUT2D eigenvalue weighted by Crippen LogP contribution is -2.10. The standard InChI is InChI=1S/C19H19NO5/c1-3-17(21)20-16-10-8-15(9-11-16)19(23)25-12-13-4-6-14(7-5-13)18(22)24-2/h4-11H,3,12H2,1-2H3,(H,20,21). The average Bonchev–Trinajstić information content (AvgIpc) is 2.66. The van der Waals surface area contributed by atoms with Gasteiger partial charge in [0.25, 0.3) is 0 Å². The van der Waals surface area contributed by atoms with E-state index in [1.165, 1.54) is 7.11 Å². The molecule has 2 aromatic carbocycles. The first-order valence-electron chi connectivity index (χ1n) is 7.77. The molecule has 0 bridgehead atoms. The van der Waals surface area contributed by atoms with Crippen molar-refractivity contribution in [3.05, 3.63) is 65.2 Å². The van der Waals surface area contributed by atoms with Gasteiger partial charge in [-0.15, -0.1) is 0 Å². The van der Waals surface area contributed by atoms with E-state index in [-0.39, 0.29) is 12.5 Å². The molecule has 0 spiro atoms. The number of carbonyl (C=O) groups is 3. The second-order valence-electron chi connectivity index (χ2n) is 5.24. The van der Waals surface area contributed by atoms with Crippen molar-refractivity contribution < 1.29 is 23.9 Å². The zero-order chi connectivity index (χ0) is 18.2. The molecule has 0 saturated heterocycles. The lowest BCUT2D eigenvalue weighted by molar-refractivity contribution is -0.115. The van der Waals surface area contributed by atoms with Gasteiger partial charge in [-0.1, -0.05) is 19.1 Å². The Balaban J connectivity index is 1.91. The topological polar surface area (TPSA) is 81.7 Å². The monoisotopic (exact) mass is 341 g/mol. The van der Waals surface area contributed by atoms with E-state index in [1.807, 2.05) is 0 Å². The second-order valence-corrected chi connectivity index (χ2v) is 5.24. The molecule has 0 saturated carbocycles. The highest BCUT2D eigenvalue weighted by Gasteiger charge is 2.09. The van der Waals surface area contributed by atoms with Gasteiger partial charge in [0.15, 0.2) is 0 Å². The van der Waals surface area contributed by atoms with Crippen molar-refractivity contribution in [2.75, 3.05) is 12.4 Å². The van der Waals surface area contributed by atoms with Crippen molar-refractivity contribution in [3.63, 3.8) is 0 Å². The summed E-state index contributed by atoms with van der Waals surface area (Å²) in [5, 5.41) is 2.71. The fourth-order valence-electron chi connectivity index (χ4n) is 2.03. The summed E-state index contributed by atoms with van der Waals surface area (Å²) in [5.74, 6) is -0.977. The number of hydrogen-bond acceptors (Lipinski definition) is 5. The molecule has 0 radical (unpaired) electrons. The first-order valence-corrected chi connectivity index (χ1v) is 7.77. The van der Waals surface area contributed by atoms with E-state index < -0.39 is 11.9 Å². The zero-order valence-corrected chi connectivity index (χ0v) is 14.1. The van der Waals surface area contributed by atoms with Crippen LogP contribution in [0.4, 0.5) is 5.69 Å². The van der Waals surface area contributed by atoms with Crippen LogP contribution in [0.3, 0.4) is 0 Å². The van der Waals surface area contributed by atoms with Crippen LogP contribution in [0.2, 0.25) is 0 Å². The molecule has 2 aromatic rings. The summed E-state index contributed by atoms with van der Waals surface area (Å²) in [5.41, 5.74) is 2.21. The molecule has 0 aliphatic rings. The molecule has 0 aliphatic heterocycles. The number of carbonyl (C=O) groups excluding carboxylic acids is 3. The van der Waals surface area contributed by atoms with Crippen molar-refractivity contribution in [2.24, 2.45) is 0 Å². The molecule has 0 aliphatic carbocycles. The molecular weight excluding hydrogens is 322 g/mol. The number of ether oxygens (including phenoxy) is 2. The maximum Gasteiger partial charge on any atom is 0.338 e. The van der Waals surface area contributed by atoms with E-state index in [2.05, 4.69) is 10.1 Å². The Hall–Kier alpha value is -3.15. The van der Waals surface area contributed by atoms with Gasteiger partial charge in [0, 0.05) is 12.1 Å². The molecule has 0 atom stereocenters. The van der Waals surface area contributed by atoms with Crippen LogP contribution >= 0.6 is 0 Å². The van der Waals surface area contributed by atoms with Crippen molar-refractivity contribution in [1.82, 2.24) is 0 Å². The Morgan fingerprint density at radius 1 is 0.880 bits per heavy atom. The van der Waals surface area contributed by atoms with E-state index >= 15 is 0 Å². The van der Waals surface area contributed by atoms with Crippen LogP contribution in [0, 0.1) is 0 Å². The molecular formula is C19H19NO5. The number of nitrogens with one attached hydrogen (secondary N) is 1. The van der Waals surface area contributed by atoms with Crippen LogP contribution < -0.4 is 5.32 Å². The van der Waals surface area contributed by atoms with Crippen molar-refractivity contribution in [3.8, 4) is 0 Å². The van der Waals surface area contributed by atoms with Crippen LogP contribution in [0.25, 0.3) is 0 Å². The van der Waals surface area contributed by atoms with Crippen LogP contribution in [-0.2, 0) is 20.9 Å². The highest BCUT2D eigenvalue weighted by atomic mass is 16.5. The Morgan fingerprint density at radius 3 is 2.00 bits per heavy atom. The molecule has 0 heterocycles. The summed E-state index contributed by atoms with van der Waals surface area (Å²) >= 11 is 0. The number of anilines is 1. The number of methoxy groups -OCH3 is 1. The number of esters is 2. The Kier molecular flexibility index (Phi) is 6.28. The predicted molar refractivity (Wildman–Crippen MR) is 92.3 cm³/mol. The Morgan fingerprint density at radius 2 is 1.44 bits per heavy atom. The molecule has 0 unspecified atom stereocenters. The molecule has 0 aromatic heterocycles. The SMILES string of the molecule is CCC(=O)Nc1ccc(C(=O)OCc2ccc(C(=O)OC)cc2)cc1. The predicted octanol–water partition coefficient (Wildman–Crippen LogP) is 3.18. The quantitative estimate of drug-likeness (QED) is 0.816. The minimum absolute atomic E-state index is 0.0919. The smallest absolute Gasteiger partial charge is 0.338 e. The lowest BCUT2D eigenvalue weighted by Gasteiger charge is -2.07. The molecule has 6 heteroatoms. The molecule has 130 valence electrons. The fourth-order valence-corrected chi connectivity index (χ4v) is 2.03. The fraction of sp³-hybridized carbons (Fsp3) is 0.211. The van der Waals surface area contributed by atoms with Crippen LogP contribution in [-0.4, -0.2) is 25.0 Å². The zero-order valence-electron chi connectivity index (χ0n) is 14.1. The van der Waals surface area contributed by atoms with E-state index in [0.29, 0.717) is 23.2 Å². The van der Waals surface area contributed by atoms with Crippen LogP contribution in [0.5, 0.6) is 0 Å². The van der Waals surface area contributed by atoms with E-state index in [4.69, 9.17) is 4.74 Å². The summed E-state index contributed by atoms with van der Waals surface area (Å²) in [4.78, 5) is 34.7. The van der Waals surface area contributed by atoms with Crippen molar-refractivity contribution >= 4 is 23.5 Å². The highest BCUT2D eigenvalue weighted by molar-refractivity contribution is 5.93. The third-order valence-corrected chi connectivity index (χ3v) is 3.47. The van der Waals surface area contributed by atoms with Gasteiger partial charge in [-0.25, -0.2) is 9.59 Å². The third-order valence-electron chi connectivity index (χ3n) is 3.47. The number of rotatable bonds is 6. The van der Waals surface area contributed by atoms with Gasteiger partial charge in [-0.05, 0) is 42.0 Å². The molecule has 6 nitrogen and oxygen atoms in total. The Labute approximate surface area is 145 Å². The highest BCUT2D eigenvalue weighted by Crippen LogP contribution is 2.13.